The normalized spacial score (nSPS) is 13.3. The lowest BCUT2D eigenvalue weighted by Gasteiger charge is -2.12. The van der Waals surface area contributed by atoms with E-state index in [-0.39, 0.29) is 0 Å². The monoisotopic (exact) mass is 300 g/mol. The highest BCUT2D eigenvalue weighted by molar-refractivity contribution is 5.81. The van der Waals surface area contributed by atoms with E-state index in [1.807, 2.05) is 45.9 Å². The van der Waals surface area contributed by atoms with Gasteiger partial charge in [0.2, 0.25) is 0 Å². The van der Waals surface area contributed by atoms with Gasteiger partial charge in [-0.3, -0.25) is 0 Å². The van der Waals surface area contributed by atoms with Gasteiger partial charge in [-0.1, -0.05) is 12.1 Å². The molecule has 0 spiro atoms. The van der Waals surface area contributed by atoms with Crippen LogP contribution in [0.1, 0.15) is 37.5 Å². The van der Waals surface area contributed by atoms with Crippen LogP contribution in [-0.4, -0.2) is 11.1 Å². The first kappa shape index (κ1) is 17.8. The van der Waals surface area contributed by atoms with E-state index in [4.69, 9.17) is 9.84 Å². The number of ether oxygens (including phenoxy) is 1. The van der Waals surface area contributed by atoms with Gasteiger partial charge in [0.05, 0.1) is 0 Å². The van der Waals surface area contributed by atoms with Gasteiger partial charge < -0.3 is 9.84 Å². The quantitative estimate of drug-likeness (QED) is 0.479. The predicted molar refractivity (Wildman–Crippen MR) is 90.2 cm³/mol. The van der Waals surface area contributed by atoms with Crippen LogP contribution in [0.5, 0.6) is 5.75 Å². The third-order valence-electron chi connectivity index (χ3n) is 3.27. The number of allylic oxidation sites excluding steroid dienone is 5. The lowest BCUT2D eigenvalue weighted by molar-refractivity contribution is -0.131. The van der Waals surface area contributed by atoms with Crippen molar-refractivity contribution in [3.8, 4) is 5.75 Å². The maximum Gasteiger partial charge on any atom is 0.328 e. The zero-order chi connectivity index (χ0) is 16.9. The van der Waals surface area contributed by atoms with E-state index in [0.717, 1.165) is 22.6 Å². The van der Waals surface area contributed by atoms with Crippen LogP contribution in [-0.2, 0) is 4.79 Å². The molecule has 0 saturated carbocycles. The molecule has 1 rings (SSSR count). The third kappa shape index (κ3) is 5.60. The number of aryl methyl sites for hydroxylation is 2. The first-order valence-electron chi connectivity index (χ1n) is 7.22. The van der Waals surface area contributed by atoms with Gasteiger partial charge >= 0.3 is 5.97 Å². The lowest BCUT2D eigenvalue weighted by atomic mass is 10.1. The Morgan fingerprint density at radius 1 is 1.00 bits per heavy atom. The summed E-state index contributed by atoms with van der Waals surface area (Å²) in [5.41, 5.74) is 5.13. The second kappa shape index (κ2) is 7.64. The Labute approximate surface area is 132 Å². The second-order valence-electron chi connectivity index (χ2n) is 5.68. The SMILES string of the molecule is CC(=CC(=O)O)C=C(C)C=C(C)Oc1cc(C)cc(C)c1C. The number of carboxylic acids is 1. The van der Waals surface area contributed by atoms with Crippen molar-refractivity contribution < 1.29 is 14.6 Å². The molecular formula is C19H24O3. The molecule has 22 heavy (non-hydrogen) atoms. The Kier molecular flexibility index (Phi) is 6.17. The number of hydrogen-bond acceptors (Lipinski definition) is 2. The Morgan fingerprint density at radius 3 is 2.18 bits per heavy atom. The number of carboxylic acid groups (broad SMARTS) is 1. The van der Waals surface area contributed by atoms with E-state index >= 15 is 0 Å². The Hall–Kier alpha value is -2.29. The van der Waals surface area contributed by atoms with Gasteiger partial charge in [0.15, 0.2) is 0 Å². The molecule has 0 aliphatic heterocycles. The highest BCUT2D eigenvalue weighted by atomic mass is 16.5. The fourth-order valence-corrected chi connectivity index (χ4v) is 2.27. The maximum absolute atomic E-state index is 10.6. The van der Waals surface area contributed by atoms with Crippen molar-refractivity contribution in [3.63, 3.8) is 0 Å². The molecule has 0 unspecified atom stereocenters. The minimum Gasteiger partial charge on any atom is -0.478 e. The molecule has 1 N–H and O–H groups in total. The van der Waals surface area contributed by atoms with Crippen LogP contribution in [0.2, 0.25) is 0 Å². The van der Waals surface area contributed by atoms with Crippen LogP contribution in [0.4, 0.5) is 0 Å². The summed E-state index contributed by atoms with van der Waals surface area (Å²) in [6, 6.07) is 4.15. The average molecular weight is 300 g/mol. The summed E-state index contributed by atoms with van der Waals surface area (Å²) in [5, 5.41) is 8.71. The molecule has 118 valence electrons. The van der Waals surface area contributed by atoms with Crippen LogP contribution in [0, 0.1) is 20.8 Å². The number of rotatable bonds is 5. The van der Waals surface area contributed by atoms with Crippen LogP contribution in [0.3, 0.4) is 0 Å². The minimum absolute atomic E-state index is 0.691. The molecule has 0 radical (unpaired) electrons. The molecule has 0 amide bonds. The van der Waals surface area contributed by atoms with Gasteiger partial charge in [-0.05, 0) is 81.5 Å². The van der Waals surface area contributed by atoms with Crippen molar-refractivity contribution in [1.29, 1.82) is 0 Å². The molecule has 0 aliphatic carbocycles. The van der Waals surface area contributed by atoms with E-state index in [1.165, 1.54) is 17.2 Å². The van der Waals surface area contributed by atoms with E-state index < -0.39 is 5.97 Å². The largest absolute Gasteiger partial charge is 0.478 e. The van der Waals surface area contributed by atoms with Gasteiger partial charge in [0, 0.05) is 6.08 Å². The Bertz CT molecular complexity index is 662. The van der Waals surface area contributed by atoms with Crippen molar-refractivity contribution in [1.82, 2.24) is 0 Å². The summed E-state index contributed by atoms with van der Waals surface area (Å²) < 4.78 is 5.92. The zero-order valence-electron chi connectivity index (χ0n) is 14.2. The average Bonchev–Trinajstić information content (AvgIpc) is 2.33. The molecule has 1 aromatic rings. The van der Waals surface area contributed by atoms with E-state index in [0.29, 0.717) is 5.57 Å². The molecular weight excluding hydrogens is 276 g/mol. The summed E-state index contributed by atoms with van der Waals surface area (Å²) in [5.74, 6) is 0.686. The van der Waals surface area contributed by atoms with Crippen molar-refractivity contribution in [2.45, 2.75) is 41.5 Å². The predicted octanol–water partition coefficient (Wildman–Crippen LogP) is 4.87. The summed E-state index contributed by atoms with van der Waals surface area (Å²) in [6.45, 7) is 11.7. The fourth-order valence-electron chi connectivity index (χ4n) is 2.27. The standard InChI is InChI=1S/C19H24O3/c1-12(7-13(2)11-19(20)21)9-16(5)22-18-10-14(3)8-15(4)17(18)6/h7-11H,1-6H3,(H,20,21). The molecule has 3 nitrogen and oxygen atoms in total. The first-order chi connectivity index (χ1) is 10.2. The molecule has 0 atom stereocenters. The summed E-state index contributed by atoms with van der Waals surface area (Å²) >= 11 is 0. The van der Waals surface area contributed by atoms with Gasteiger partial charge in [0.1, 0.15) is 11.5 Å². The minimum atomic E-state index is -0.940. The van der Waals surface area contributed by atoms with E-state index in [1.54, 1.807) is 6.92 Å². The third-order valence-corrected chi connectivity index (χ3v) is 3.27. The molecule has 0 bridgehead atoms. The van der Waals surface area contributed by atoms with Crippen molar-refractivity contribution in [3.05, 3.63) is 64.0 Å². The summed E-state index contributed by atoms with van der Waals surface area (Å²) in [6.07, 6.45) is 4.90. The van der Waals surface area contributed by atoms with Crippen molar-refractivity contribution >= 4 is 5.97 Å². The van der Waals surface area contributed by atoms with Crippen LogP contribution >= 0.6 is 0 Å². The smallest absolute Gasteiger partial charge is 0.328 e. The first-order valence-corrected chi connectivity index (χ1v) is 7.22. The highest BCUT2D eigenvalue weighted by Gasteiger charge is 2.05. The fraction of sp³-hybridized carbons (Fsp3) is 0.316. The Balaban J connectivity index is 2.95. The van der Waals surface area contributed by atoms with Crippen molar-refractivity contribution in [2.24, 2.45) is 0 Å². The molecule has 0 saturated heterocycles. The Morgan fingerprint density at radius 2 is 1.59 bits per heavy atom. The van der Waals surface area contributed by atoms with Gasteiger partial charge in [0.25, 0.3) is 0 Å². The molecule has 0 aliphatic rings. The maximum atomic E-state index is 10.6. The number of benzene rings is 1. The zero-order valence-corrected chi connectivity index (χ0v) is 14.2. The van der Waals surface area contributed by atoms with Crippen LogP contribution in [0.15, 0.2) is 47.3 Å². The number of aliphatic carboxylic acids is 1. The molecule has 0 heterocycles. The van der Waals surface area contributed by atoms with Crippen LogP contribution < -0.4 is 4.74 Å². The van der Waals surface area contributed by atoms with E-state index in [2.05, 4.69) is 13.0 Å². The lowest BCUT2D eigenvalue weighted by Crippen LogP contribution is -1.96. The molecule has 1 aromatic carbocycles. The summed E-state index contributed by atoms with van der Waals surface area (Å²) in [7, 11) is 0. The summed E-state index contributed by atoms with van der Waals surface area (Å²) in [4.78, 5) is 10.6. The second-order valence-corrected chi connectivity index (χ2v) is 5.68. The molecule has 3 heteroatoms. The molecule has 0 fully saturated rings. The van der Waals surface area contributed by atoms with Crippen LogP contribution in [0.25, 0.3) is 0 Å². The van der Waals surface area contributed by atoms with Crippen molar-refractivity contribution in [2.75, 3.05) is 0 Å². The van der Waals surface area contributed by atoms with Gasteiger partial charge in [-0.2, -0.15) is 0 Å². The molecule has 0 aromatic heterocycles. The number of carbonyl (C=O) groups is 1. The van der Waals surface area contributed by atoms with Gasteiger partial charge in [-0.25, -0.2) is 4.79 Å². The van der Waals surface area contributed by atoms with Gasteiger partial charge in [-0.15, -0.1) is 0 Å². The number of hydrogen-bond donors (Lipinski definition) is 1. The van der Waals surface area contributed by atoms with E-state index in [9.17, 15) is 4.79 Å². The highest BCUT2D eigenvalue weighted by Crippen LogP contribution is 2.25. The topological polar surface area (TPSA) is 46.5 Å².